The van der Waals surface area contributed by atoms with Crippen molar-refractivity contribution in [3.63, 3.8) is 0 Å². The zero-order valence-corrected chi connectivity index (χ0v) is 11.6. The Morgan fingerprint density at radius 1 is 1.47 bits per heavy atom. The van der Waals surface area contributed by atoms with Crippen LogP contribution in [0, 0.1) is 11.7 Å². The number of carbonyl (C=O) groups excluding carboxylic acids is 2. The predicted octanol–water partition coefficient (Wildman–Crippen LogP) is 2.45. The van der Waals surface area contributed by atoms with Crippen molar-refractivity contribution in [1.82, 2.24) is 4.90 Å². The van der Waals surface area contributed by atoms with E-state index in [1.54, 1.807) is 23.1 Å². The van der Waals surface area contributed by atoms with Gasteiger partial charge in [0.05, 0.1) is 0 Å². The van der Waals surface area contributed by atoms with E-state index in [0.29, 0.717) is 30.8 Å². The zero-order valence-electron chi connectivity index (χ0n) is 10.8. The number of thioether (sulfide) groups is 1. The van der Waals surface area contributed by atoms with E-state index >= 15 is 0 Å². The van der Waals surface area contributed by atoms with E-state index in [2.05, 4.69) is 0 Å². The molecule has 0 spiro atoms. The number of benzene rings is 1. The lowest BCUT2D eigenvalue weighted by Gasteiger charge is -2.17. The SMILES string of the molecule is CC(=O)SCC1CC(=O)N(Cc2ccccc2F)C1. The van der Waals surface area contributed by atoms with Crippen LogP contribution in [0.2, 0.25) is 0 Å². The summed E-state index contributed by atoms with van der Waals surface area (Å²) in [7, 11) is 0. The highest BCUT2D eigenvalue weighted by Gasteiger charge is 2.30. The first-order valence-electron chi connectivity index (χ1n) is 6.21. The fraction of sp³-hybridized carbons (Fsp3) is 0.429. The molecule has 102 valence electrons. The Labute approximate surface area is 116 Å². The molecule has 0 aliphatic carbocycles. The van der Waals surface area contributed by atoms with Crippen LogP contribution >= 0.6 is 11.8 Å². The summed E-state index contributed by atoms with van der Waals surface area (Å²) >= 11 is 1.25. The van der Waals surface area contributed by atoms with Gasteiger partial charge in [0.2, 0.25) is 5.91 Å². The highest BCUT2D eigenvalue weighted by atomic mass is 32.2. The van der Waals surface area contributed by atoms with Crippen LogP contribution in [-0.2, 0) is 16.1 Å². The number of hydrogen-bond acceptors (Lipinski definition) is 3. The maximum absolute atomic E-state index is 13.5. The van der Waals surface area contributed by atoms with Crippen molar-refractivity contribution in [2.75, 3.05) is 12.3 Å². The molecule has 1 aromatic rings. The smallest absolute Gasteiger partial charge is 0.223 e. The second-order valence-corrected chi connectivity index (χ2v) is 5.94. The normalized spacial score (nSPS) is 18.9. The van der Waals surface area contributed by atoms with Crippen molar-refractivity contribution in [2.45, 2.75) is 19.9 Å². The standard InChI is InChI=1S/C14H16FNO2S/c1-10(17)19-9-11-6-14(18)16(7-11)8-12-4-2-3-5-13(12)15/h2-5,11H,6-9H2,1H3. The van der Waals surface area contributed by atoms with Crippen molar-refractivity contribution >= 4 is 22.8 Å². The maximum Gasteiger partial charge on any atom is 0.223 e. The van der Waals surface area contributed by atoms with Crippen LogP contribution in [0.25, 0.3) is 0 Å². The topological polar surface area (TPSA) is 37.4 Å². The van der Waals surface area contributed by atoms with Gasteiger partial charge in [-0.25, -0.2) is 4.39 Å². The van der Waals surface area contributed by atoms with Crippen molar-refractivity contribution in [1.29, 1.82) is 0 Å². The Morgan fingerprint density at radius 3 is 2.89 bits per heavy atom. The third-order valence-electron chi connectivity index (χ3n) is 3.14. The first-order chi connectivity index (χ1) is 9.06. The van der Waals surface area contributed by atoms with Crippen LogP contribution in [0.3, 0.4) is 0 Å². The highest BCUT2D eigenvalue weighted by molar-refractivity contribution is 8.13. The highest BCUT2D eigenvalue weighted by Crippen LogP contribution is 2.24. The van der Waals surface area contributed by atoms with Crippen molar-refractivity contribution in [2.24, 2.45) is 5.92 Å². The van der Waals surface area contributed by atoms with Crippen LogP contribution in [0.5, 0.6) is 0 Å². The first kappa shape index (κ1) is 14.1. The van der Waals surface area contributed by atoms with E-state index in [1.165, 1.54) is 24.8 Å². The van der Waals surface area contributed by atoms with Crippen LogP contribution in [0.15, 0.2) is 24.3 Å². The molecule has 1 unspecified atom stereocenters. The number of rotatable bonds is 4. The molecule has 3 nitrogen and oxygen atoms in total. The van der Waals surface area contributed by atoms with Crippen molar-refractivity contribution in [3.05, 3.63) is 35.6 Å². The fourth-order valence-corrected chi connectivity index (χ4v) is 2.88. The molecule has 1 fully saturated rings. The number of nitrogens with zero attached hydrogens (tertiary/aromatic N) is 1. The first-order valence-corrected chi connectivity index (χ1v) is 7.19. The molecular formula is C14H16FNO2S. The van der Waals surface area contributed by atoms with E-state index in [0.717, 1.165) is 0 Å². The molecule has 0 aromatic heterocycles. The summed E-state index contributed by atoms with van der Waals surface area (Å²) in [6.45, 7) is 2.44. The Hall–Kier alpha value is -1.36. The second-order valence-electron chi connectivity index (χ2n) is 4.74. The molecule has 1 amide bonds. The second kappa shape index (κ2) is 6.19. The average molecular weight is 281 g/mol. The van der Waals surface area contributed by atoms with Gasteiger partial charge in [0.25, 0.3) is 0 Å². The molecule has 0 bridgehead atoms. The number of hydrogen-bond donors (Lipinski definition) is 0. The van der Waals surface area contributed by atoms with Gasteiger partial charge >= 0.3 is 0 Å². The summed E-state index contributed by atoms with van der Waals surface area (Å²) in [5.74, 6) is 0.608. The fourth-order valence-electron chi connectivity index (χ4n) is 2.19. The Bertz CT molecular complexity index is 492. The summed E-state index contributed by atoms with van der Waals surface area (Å²) < 4.78 is 13.5. The van der Waals surface area contributed by atoms with E-state index in [1.807, 2.05) is 0 Å². The zero-order chi connectivity index (χ0) is 13.8. The van der Waals surface area contributed by atoms with Gasteiger partial charge in [-0.1, -0.05) is 30.0 Å². The van der Waals surface area contributed by atoms with E-state index in [4.69, 9.17) is 0 Å². The number of carbonyl (C=O) groups is 2. The molecule has 0 saturated carbocycles. The molecule has 2 rings (SSSR count). The molecular weight excluding hydrogens is 265 g/mol. The minimum Gasteiger partial charge on any atom is -0.338 e. The minimum absolute atomic E-state index is 0.0393. The third-order valence-corrected chi connectivity index (χ3v) is 4.18. The van der Waals surface area contributed by atoms with Crippen LogP contribution < -0.4 is 0 Å². The number of halogens is 1. The summed E-state index contributed by atoms with van der Waals surface area (Å²) in [5.41, 5.74) is 0.538. The average Bonchev–Trinajstić information content (AvgIpc) is 2.71. The minimum atomic E-state index is -0.281. The van der Waals surface area contributed by atoms with Crippen molar-refractivity contribution < 1.29 is 14.0 Å². The summed E-state index contributed by atoms with van der Waals surface area (Å²) in [6, 6.07) is 6.50. The quantitative estimate of drug-likeness (QED) is 0.850. The summed E-state index contributed by atoms with van der Waals surface area (Å²) in [6.07, 6.45) is 0.453. The van der Waals surface area contributed by atoms with Gasteiger partial charge in [-0.15, -0.1) is 0 Å². The largest absolute Gasteiger partial charge is 0.338 e. The number of amides is 1. The number of likely N-dealkylation sites (tertiary alicyclic amines) is 1. The lowest BCUT2D eigenvalue weighted by atomic mass is 10.1. The van der Waals surface area contributed by atoms with E-state index < -0.39 is 0 Å². The molecule has 1 aliphatic rings. The van der Waals surface area contributed by atoms with Gasteiger partial charge in [0.1, 0.15) is 5.82 Å². The molecule has 1 aromatic carbocycles. The van der Waals surface area contributed by atoms with Gasteiger partial charge in [-0.3, -0.25) is 9.59 Å². The van der Waals surface area contributed by atoms with Crippen molar-refractivity contribution in [3.8, 4) is 0 Å². The summed E-state index contributed by atoms with van der Waals surface area (Å²) in [4.78, 5) is 24.4. The van der Waals surface area contributed by atoms with Crippen LogP contribution in [0.4, 0.5) is 4.39 Å². The van der Waals surface area contributed by atoms with Gasteiger partial charge < -0.3 is 4.90 Å². The third kappa shape index (κ3) is 3.80. The van der Waals surface area contributed by atoms with Gasteiger partial charge in [0.15, 0.2) is 5.12 Å². The maximum atomic E-state index is 13.5. The lowest BCUT2D eigenvalue weighted by molar-refractivity contribution is -0.128. The molecule has 1 aliphatic heterocycles. The van der Waals surface area contributed by atoms with E-state index in [9.17, 15) is 14.0 Å². The predicted molar refractivity (Wildman–Crippen MR) is 73.1 cm³/mol. The monoisotopic (exact) mass is 281 g/mol. The van der Waals surface area contributed by atoms with Gasteiger partial charge in [-0.2, -0.15) is 0 Å². The summed E-state index contributed by atoms with van der Waals surface area (Å²) in [5, 5.41) is 0.0694. The van der Waals surface area contributed by atoms with Crippen LogP contribution in [-0.4, -0.2) is 28.2 Å². The van der Waals surface area contributed by atoms with Crippen LogP contribution in [0.1, 0.15) is 18.9 Å². The molecule has 1 saturated heterocycles. The lowest BCUT2D eigenvalue weighted by Crippen LogP contribution is -2.25. The van der Waals surface area contributed by atoms with Gasteiger partial charge in [-0.05, 0) is 12.0 Å². The molecule has 5 heteroatoms. The molecule has 0 N–H and O–H groups in total. The van der Waals surface area contributed by atoms with E-state index in [-0.39, 0.29) is 22.8 Å². The Morgan fingerprint density at radius 2 is 2.21 bits per heavy atom. The van der Waals surface area contributed by atoms with Gasteiger partial charge in [0, 0.05) is 37.8 Å². The molecule has 1 heterocycles. The Kier molecular flexibility index (Phi) is 4.58. The Balaban J connectivity index is 1.93. The molecule has 1 atom stereocenters. The molecule has 0 radical (unpaired) electrons. The molecule has 19 heavy (non-hydrogen) atoms.